The Morgan fingerprint density at radius 2 is 2.04 bits per heavy atom. The summed E-state index contributed by atoms with van der Waals surface area (Å²) < 4.78 is 0. The van der Waals surface area contributed by atoms with Gasteiger partial charge in [-0.05, 0) is 29.7 Å². The van der Waals surface area contributed by atoms with Crippen LogP contribution in [0, 0.1) is 0 Å². The van der Waals surface area contributed by atoms with Crippen LogP contribution in [-0.4, -0.2) is 64.7 Å². The third kappa shape index (κ3) is 4.88. The maximum absolute atomic E-state index is 12.4. The number of benzene rings is 1. The van der Waals surface area contributed by atoms with Crippen LogP contribution in [0.25, 0.3) is 0 Å². The molecule has 1 aromatic rings. The van der Waals surface area contributed by atoms with E-state index in [1.54, 1.807) is 0 Å². The van der Waals surface area contributed by atoms with Crippen molar-refractivity contribution in [2.75, 3.05) is 37.7 Å². The summed E-state index contributed by atoms with van der Waals surface area (Å²) in [6.07, 6.45) is 1.73. The summed E-state index contributed by atoms with van der Waals surface area (Å²) in [5, 5.41) is 12.8. The van der Waals surface area contributed by atoms with E-state index < -0.39 is 0 Å². The highest BCUT2D eigenvalue weighted by Crippen LogP contribution is 2.17. The van der Waals surface area contributed by atoms with Crippen molar-refractivity contribution in [2.45, 2.75) is 32.0 Å². The van der Waals surface area contributed by atoms with Crippen LogP contribution in [0.15, 0.2) is 24.3 Å². The van der Waals surface area contributed by atoms with Crippen LogP contribution in [-0.2, 0) is 13.1 Å². The molecule has 0 unspecified atom stereocenters. The van der Waals surface area contributed by atoms with Crippen LogP contribution in [0.1, 0.15) is 24.0 Å². The van der Waals surface area contributed by atoms with E-state index in [1.165, 1.54) is 5.56 Å². The van der Waals surface area contributed by atoms with Crippen molar-refractivity contribution in [3.05, 3.63) is 35.4 Å². The van der Waals surface area contributed by atoms with Crippen LogP contribution < -0.4 is 5.32 Å². The zero-order valence-electron chi connectivity index (χ0n) is 14.1. The number of aliphatic hydroxyl groups excluding tert-OH is 1. The molecule has 2 N–H and O–H groups in total. The van der Waals surface area contributed by atoms with Gasteiger partial charge in [0.05, 0.1) is 6.10 Å². The number of nitrogens with one attached hydrogen (secondary N) is 1. The fourth-order valence-corrected chi connectivity index (χ4v) is 4.20. The van der Waals surface area contributed by atoms with E-state index >= 15 is 0 Å². The summed E-state index contributed by atoms with van der Waals surface area (Å²) in [4.78, 5) is 16.6. The van der Waals surface area contributed by atoms with Gasteiger partial charge in [0, 0.05) is 45.0 Å². The first kappa shape index (κ1) is 17.6. The number of thioether (sulfide) groups is 1. The minimum atomic E-state index is -0.197. The van der Waals surface area contributed by atoms with Crippen LogP contribution in [0.5, 0.6) is 0 Å². The second-order valence-corrected chi connectivity index (χ2v) is 7.78. The topological polar surface area (TPSA) is 55.8 Å². The summed E-state index contributed by atoms with van der Waals surface area (Å²) in [5.41, 5.74) is 2.40. The number of β-amino-alcohol motifs (C(OH)–C–C–N with tert-alkyl or cyclic N) is 1. The molecule has 0 aliphatic carbocycles. The van der Waals surface area contributed by atoms with Gasteiger partial charge in [-0.1, -0.05) is 24.3 Å². The molecule has 132 valence electrons. The van der Waals surface area contributed by atoms with Gasteiger partial charge < -0.3 is 15.3 Å². The quantitative estimate of drug-likeness (QED) is 0.872. The van der Waals surface area contributed by atoms with Gasteiger partial charge in [0.25, 0.3) is 0 Å². The molecule has 0 saturated carbocycles. The highest BCUT2D eigenvalue weighted by atomic mass is 32.2. The largest absolute Gasteiger partial charge is 0.392 e. The fraction of sp³-hybridized carbons (Fsp3) is 0.611. The predicted molar refractivity (Wildman–Crippen MR) is 98.1 cm³/mol. The first-order chi connectivity index (χ1) is 11.7. The second-order valence-electron chi connectivity index (χ2n) is 6.56. The standard InChI is InChI=1S/C18H27N3O2S/c22-17-6-8-20(14-17)13-16-5-2-1-4-15(16)12-19-18(23)21-7-3-10-24-11-9-21/h1-2,4-5,17,22H,3,6-14H2,(H,19,23)/t17-/m0/s1. The summed E-state index contributed by atoms with van der Waals surface area (Å²) in [7, 11) is 0. The lowest BCUT2D eigenvalue weighted by Gasteiger charge is -2.22. The Morgan fingerprint density at radius 3 is 2.83 bits per heavy atom. The summed E-state index contributed by atoms with van der Waals surface area (Å²) in [5.74, 6) is 2.18. The van der Waals surface area contributed by atoms with E-state index in [-0.39, 0.29) is 12.1 Å². The molecule has 0 spiro atoms. The number of hydrogen-bond acceptors (Lipinski definition) is 4. The molecular formula is C18H27N3O2S. The van der Waals surface area contributed by atoms with Gasteiger partial charge in [0.1, 0.15) is 0 Å². The molecule has 2 saturated heterocycles. The molecule has 6 heteroatoms. The molecule has 1 atom stereocenters. The SMILES string of the molecule is O=C(NCc1ccccc1CN1CC[C@H](O)C1)N1CCCSCC1. The lowest BCUT2D eigenvalue weighted by atomic mass is 10.1. The number of aliphatic hydroxyl groups is 1. The summed E-state index contributed by atoms with van der Waals surface area (Å²) in [6.45, 7) is 4.77. The Balaban J connectivity index is 1.55. The van der Waals surface area contributed by atoms with Crippen LogP contribution in [0.4, 0.5) is 4.79 Å². The molecular weight excluding hydrogens is 322 g/mol. The average Bonchev–Trinajstić information content (AvgIpc) is 2.84. The Labute approximate surface area is 148 Å². The van der Waals surface area contributed by atoms with Crippen molar-refractivity contribution < 1.29 is 9.90 Å². The normalized spacial score (nSPS) is 22.4. The van der Waals surface area contributed by atoms with Crippen LogP contribution in [0.3, 0.4) is 0 Å². The molecule has 0 radical (unpaired) electrons. The molecule has 2 heterocycles. The number of rotatable bonds is 4. The Bertz CT molecular complexity index is 547. The lowest BCUT2D eigenvalue weighted by Crippen LogP contribution is -2.41. The third-order valence-corrected chi connectivity index (χ3v) is 5.75. The number of carbonyl (C=O) groups excluding carboxylic acids is 1. The van der Waals surface area contributed by atoms with Crippen molar-refractivity contribution in [3.63, 3.8) is 0 Å². The van der Waals surface area contributed by atoms with Crippen molar-refractivity contribution >= 4 is 17.8 Å². The zero-order valence-corrected chi connectivity index (χ0v) is 14.9. The van der Waals surface area contributed by atoms with Gasteiger partial charge in [-0.2, -0.15) is 11.8 Å². The molecule has 24 heavy (non-hydrogen) atoms. The minimum Gasteiger partial charge on any atom is -0.392 e. The van der Waals surface area contributed by atoms with Crippen molar-refractivity contribution in [1.29, 1.82) is 0 Å². The summed E-state index contributed by atoms with van der Waals surface area (Å²) in [6, 6.07) is 8.31. The third-order valence-electron chi connectivity index (χ3n) is 4.70. The molecule has 5 nitrogen and oxygen atoms in total. The van der Waals surface area contributed by atoms with Crippen molar-refractivity contribution in [2.24, 2.45) is 0 Å². The molecule has 2 amide bonds. The molecule has 2 aliphatic heterocycles. The Kier molecular flexibility index (Phi) is 6.40. The number of hydrogen-bond donors (Lipinski definition) is 2. The summed E-state index contributed by atoms with van der Waals surface area (Å²) >= 11 is 1.92. The van der Waals surface area contributed by atoms with Gasteiger partial charge >= 0.3 is 6.03 Å². The van der Waals surface area contributed by atoms with Gasteiger partial charge in [-0.3, -0.25) is 4.90 Å². The van der Waals surface area contributed by atoms with Gasteiger partial charge in [0.2, 0.25) is 0 Å². The van der Waals surface area contributed by atoms with E-state index in [4.69, 9.17) is 0 Å². The maximum atomic E-state index is 12.4. The number of nitrogens with zero attached hydrogens (tertiary/aromatic N) is 2. The van der Waals surface area contributed by atoms with E-state index in [0.29, 0.717) is 6.54 Å². The highest BCUT2D eigenvalue weighted by Gasteiger charge is 2.21. The zero-order chi connectivity index (χ0) is 16.8. The first-order valence-electron chi connectivity index (χ1n) is 8.80. The van der Waals surface area contributed by atoms with Crippen LogP contribution >= 0.6 is 11.8 Å². The van der Waals surface area contributed by atoms with Crippen LogP contribution in [0.2, 0.25) is 0 Å². The van der Waals surface area contributed by atoms with Crippen molar-refractivity contribution in [1.82, 2.24) is 15.1 Å². The minimum absolute atomic E-state index is 0.0453. The number of carbonyl (C=O) groups is 1. The van der Waals surface area contributed by atoms with E-state index in [0.717, 1.165) is 62.6 Å². The number of likely N-dealkylation sites (tertiary alicyclic amines) is 1. The highest BCUT2D eigenvalue weighted by molar-refractivity contribution is 7.99. The van der Waals surface area contributed by atoms with E-state index in [1.807, 2.05) is 28.8 Å². The molecule has 1 aromatic carbocycles. The Hall–Kier alpha value is -1.24. The van der Waals surface area contributed by atoms with E-state index in [9.17, 15) is 9.90 Å². The first-order valence-corrected chi connectivity index (χ1v) is 9.95. The predicted octanol–water partition coefficient (Wildman–Crippen LogP) is 1.90. The second kappa shape index (κ2) is 8.74. The van der Waals surface area contributed by atoms with Gasteiger partial charge in [-0.15, -0.1) is 0 Å². The van der Waals surface area contributed by atoms with Gasteiger partial charge in [-0.25, -0.2) is 4.79 Å². The molecule has 3 rings (SSSR count). The maximum Gasteiger partial charge on any atom is 0.317 e. The lowest BCUT2D eigenvalue weighted by molar-refractivity contribution is 0.174. The van der Waals surface area contributed by atoms with Gasteiger partial charge in [0.15, 0.2) is 0 Å². The Morgan fingerprint density at radius 1 is 1.21 bits per heavy atom. The number of amides is 2. The molecule has 0 bridgehead atoms. The monoisotopic (exact) mass is 349 g/mol. The average molecular weight is 350 g/mol. The van der Waals surface area contributed by atoms with E-state index in [2.05, 4.69) is 22.3 Å². The molecule has 2 fully saturated rings. The number of urea groups is 1. The smallest absolute Gasteiger partial charge is 0.317 e. The fourth-order valence-electron chi connectivity index (χ4n) is 3.31. The molecule has 2 aliphatic rings. The molecule has 0 aromatic heterocycles. The van der Waals surface area contributed by atoms with Crippen molar-refractivity contribution in [3.8, 4) is 0 Å².